The van der Waals surface area contributed by atoms with E-state index < -0.39 is 0 Å². The molecule has 0 aromatic heterocycles. The van der Waals surface area contributed by atoms with Crippen LogP contribution in [0, 0.1) is 17.3 Å². The fourth-order valence-corrected chi connectivity index (χ4v) is 3.73. The number of fused-ring (bicyclic) bond motifs is 1. The van der Waals surface area contributed by atoms with Crippen LogP contribution in [0.1, 0.15) is 39.0 Å². The first-order valence-electron chi connectivity index (χ1n) is 8.65. The van der Waals surface area contributed by atoms with Gasteiger partial charge in [-0.15, -0.1) is 0 Å². The fourth-order valence-electron chi connectivity index (χ4n) is 3.73. The van der Waals surface area contributed by atoms with Crippen molar-refractivity contribution in [2.45, 2.75) is 39.0 Å². The zero-order valence-corrected chi connectivity index (χ0v) is 13.9. The second-order valence-electron chi connectivity index (χ2n) is 6.81. The normalized spacial score (nSPS) is 30.6. The monoisotopic (exact) mass is 299 g/mol. The Hall–Kier alpha value is -0.160. The molecule has 2 fully saturated rings. The van der Waals surface area contributed by atoms with E-state index in [1.807, 2.05) is 0 Å². The summed E-state index contributed by atoms with van der Waals surface area (Å²) in [4.78, 5) is 0. The Balaban J connectivity index is 1.55. The molecule has 2 atom stereocenters. The molecule has 0 saturated heterocycles. The maximum Gasteiger partial charge on any atom is 0.0701 e. The maximum atomic E-state index is 5.76. The smallest absolute Gasteiger partial charge is 0.0701 e. The van der Waals surface area contributed by atoms with Crippen LogP contribution in [0.4, 0.5) is 0 Å². The lowest BCUT2D eigenvalue weighted by molar-refractivity contribution is 0.0157. The Bertz CT molecular complexity index is 275. The van der Waals surface area contributed by atoms with Gasteiger partial charge < -0.3 is 19.5 Å². The highest BCUT2D eigenvalue weighted by molar-refractivity contribution is 5.04. The lowest BCUT2D eigenvalue weighted by Gasteiger charge is -2.31. The van der Waals surface area contributed by atoms with Gasteiger partial charge in [-0.05, 0) is 55.9 Å². The van der Waals surface area contributed by atoms with Gasteiger partial charge in [0.15, 0.2) is 0 Å². The first kappa shape index (κ1) is 17.2. The molecule has 2 aliphatic rings. The zero-order chi connectivity index (χ0) is 15.0. The molecular formula is C17H33NO3. The maximum absolute atomic E-state index is 5.76. The van der Waals surface area contributed by atoms with Gasteiger partial charge in [0, 0.05) is 20.3 Å². The minimum atomic E-state index is 0.514. The number of hydrogen-bond donors (Lipinski definition) is 1. The highest BCUT2D eigenvalue weighted by atomic mass is 16.5. The first-order chi connectivity index (χ1) is 10.3. The summed E-state index contributed by atoms with van der Waals surface area (Å²) in [6.07, 6.45) is 6.75. The molecular weight excluding hydrogens is 266 g/mol. The lowest BCUT2D eigenvalue weighted by Crippen LogP contribution is -2.35. The summed E-state index contributed by atoms with van der Waals surface area (Å²) in [7, 11) is 1.69. The van der Waals surface area contributed by atoms with Crippen molar-refractivity contribution in [3.63, 3.8) is 0 Å². The summed E-state index contributed by atoms with van der Waals surface area (Å²) >= 11 is 0. The number of ether oxygens (including phenoxy) is 3. The van der Waals surface area contributed by atoms with E-state index in [1.54, 1.807) is 7.11 Å². The van der Waals surface area contributed by atoms with Gasteiger partial charge in [-0.25, -0.2) is 0 Å². The van der Waals surface area contributed by atoms with Crippen LogP contribution in [0.3, 0.4) is 0 Å². The van der Waals surface area contributed by atoms with E-state index in [1.165, 1.54) is 38.6 Å². The average molecular weight is 299 g/mol. The van der Waals surface area contributed by atoms with Crippen molar-refractivity contribution in [2.24, 2.45) is 17.3 Å². The SMILES string of the molecule is CCCNCC1(CCOCCOCCOC)CC2CC2C1. The molecule has 0 radical (unpaired) electrons. The van der Waals surface area contributed by atoms with Crippen molar-refractivity contribution < 1.29 is 14.2 Å². The Morgan fingerprint density at radius 2 is 1.67 bits per heavy atom. The second-order valence-corrected chi connectivity index (χ2v) is 6.81. The third-order valence-electron chi connectivity index (χ3n) is 4.97. The van der Waals surface area contributed by atoms with Crippen LogP contribution in [0.5, 0.6) is 0 Å². The molecule has 124 valence electrons. The third kappa shape index (κ3) is 5.85. The standard InChI is InChI=1S/C17H33NO3/c1-3-5-18-14-17(12-15-11-16(15)13-17)4-6-20-9-10-21-8-7-19-2/h15-16,18H,3-14H2,1-2H3. The predicted octanol–water partition coefficient (Wildman–Crippen LogP) is 2.47. The summed E-state index contributed by atoms with van der Waals surface area (Å²) in [6.45, 7) is 8.14. The number of hydrogen-bond acceptors (Lipinski definition) is 4. The Morgan fingerprint density at radius 1 is 1.00 bits per heavy atom. The summed E-state index contributed by atoms with van der Waals surface area (Å²) in [5.41, 5.74) is 0.514. The van der Waals surface area contributed by atoms with Gasteiger partial charge in [-0.3, -0.25) is 0 Å². The molecule has 2 unspecified atom stereocenters. The number of nitrogens with one attached hydrogen (secondary N) is 1. The van der Waals surface area contributed by atoms with E-state index in [9.17, 15) is 0 Å². The minimum absolute atomic E-state index is 0.514. The van der Waals surface area contributed by atoms with E-state index in [0.29, 0.717) is 31.8 Å². The van der Waals surface area contributed by atoms with Gasteiger partial charge in [-0.1, -0.05) is 6.92 Å². The molecule has 2 rings (SSSR count). The topological polar surface area (TPSA) is 39.7 Å². The van der Waals surface area contributed by atoms with Crippen LogP contribution < -0.4 is 5.32 Å². The second kappa shape index (κ2) is 9.09. The largest absolute Gasteiger partial charge is 0.382 e. The zero-order valence-electron chi connectivity index (χ0n) is 13.9. The van der Waals surface area contributed by atoms with Gasteiger partial charge >= 0.3 is 0 Å². The third-order valence-corrected chi connectivity index (χ3v) is 4.97. The Labute approximate surface area is 129 Å². The predicted molar refractivity (Wildman–Crippen MR) is 84.6 cm³/mol. The molecule has 0 heterocycles. The van der Waals surface area contributed by atoms with Crippen molar-refractivity contribution in [1.82, 2.24) is 5.32 Å². The Morgan fingerprint density at radius 3 is 2.33 bits per heavy atom. The summed E-state index contributed by atoms with van der Waals surface area (Å²) in [5.74, 6) is 2.07. The molecule has 4 heteroatoms. The molecule has 21 heavy (non-hydrogen) atoms. The van der Waals surface area contributed by atoms with Crippen LogP contribution >= 0.6 is 0 Å². The van der Waals surface area contributed by atoms with E-state index >= 15 is 0 Å². The molecule has 0 aromatic carbocycles. The van der Waals surface area contributed by atoms with Crippen molar-refractivity contribution in [1.29, 1.82) is 0 Å². The van der Waals surface area contributed by atoms with Crippen LogP contribution in [0.25, 0.3) is 0 Å². The van der Waals surface area contributed by atoms with E-state index in [-0.39, 0.29) is 0 Å². The van der Waals surface area contributed by atoms with Crippen LogP contribution in [0.15, 0.2) is 0 Å². The summed E-state index contributed by atoms with van der Waals surface area (Å²) in [5, 5.41) is 3.64. The van der Waals surface area contributed by atoms with Crippen LogP contribution in [-0.4, -0.2) is 53.2 Å². The number of methoxy groups -OCH3 is 1. The van der Waals surface area contributed by atoms with Crippen molar-refractivity contribution in [3.8, 4) is 0 Å². The van der Waals surface area contributed by atoms with Gasteiger partial charge in [0.25, 0.3) is 0 Å². The molecule has 0 aliphatic heterocycles. The molecule has 0 bridgehead atoms. The fraction of sp³-hybridized carbons (Fsp3) is 1.00. The van der Waals surface area contributed by atoms with E-state index in [0.717, 1.165) is 25.0 Å². The lowest BCUT2D eigenvalue weighted by atomic mass is 9.80. The Kier molecular flexibility index (Phi) is 7.44. The first-order valence-corrected chi connectivity index (χ1v) is 8.65. The average Bonchev–Trinajstić information content (AvgIpc) is 3.10. The van der Waals surface area contributed by atoms with Gasteiger partial charge in [0.1, 0.15) is 0 Å². The molecule has 4 nitrogen and oxygen atoms in total. The van der Waals surface area contributed by atoms with Crippen molar-refractivity contribution >= 4 is 0 Å². The molecule has 0 spiro atoms. The van der Waals surface area contributed by atoms with Gasteiger partial charge in [0.05, 0.1) is 26.4 Å². The van der Waals surface area contributed by atoms with Crippen LogP contribution in [0.2, 0.25) is 0 Å². The summed E-state index contributed by atoms with van der Waals surface area (Å²) in [6, 6.07) is 0. The molecule has 1 N–H and O–H groups in total. The molecule has 0 amide bonds. The van der Waals surface area contributed by atoms with E-state index in [4.69, 9.17) is 14.2 Å². The quantitative estimate of drug-likeness (QED) is 0.530. The van der Waals surface area contributed by atoms with E-state index in [2.05, 4.69) is 12.2 Å². The van der Waals surface area contributed by atoms with Crippen molar-refractivity contribution in [2.75, 3.05) is 53.2 Å². The molecule has 2 aliphatic carbocycles. The highest BCUT2D eigenvalue weighted by Crippen LogP contribution is 2.60. The van der Waals surface area contributed by atoms with Crippen LogP contribution in [-0.2, 0) is 14.2 Å². The van der Waals surface area contributed by atoms with Gasteiger partial charge in [-0.2, -0.15) is 0 Å². The van der Waals surface area contributed by atoms with Gasteiger partial charge in [0.2, 0.25) is 0 Å². The molecule has 2 saturated carbocycles. The highest BCUT2D eigenvalue weighted by Gasteiger charge is 2.52. The molecule has 0 aromatic rings. The van der Waals surface area contributed by atoms with Crippen molar-refractivity contribution in [3.05, 3.63) is 0 Å². The number of rotatable bonds is 13. The minimum Gasteiger partial charge on any atom is -0.382 e. The summed E-state index contributed by atoms with van der Waals surface area (Å²) < 4.78 is 16.1.